The molecule has 0 amide bonds. The van der Waals surface area contributed by atoms with Gasteiger partial charge in [0.1, 0.15) is 18.2 Å². The minimum absolute atomic E-state index is 0.0879. The SMILES string of the molecule is CNC(C)c1ccc(F)cc1OCc1cccc(Cl)c1. The van der Waals surface area contributed by atoms with Gasteiger partial charge in [0.2, 0.25) is 0 Å². The largest absolute Gasteiger partial charge is 0.488 e. The Morgan fingerprint density at radius 2 is 2.05 bits per heavy atom. The van der Waals surface area contributed by atoms with Crippen molar-refractivity contribution in [1.82, 2.24) is 5.32 Å². The smallest absolute Gasteiger partial charge is 0.127 e. The predicted molar refractivity (Wildman–Crippen MR) is 79.7 cm³/mol. The van der Waals surface area contributed by atoms with Crippen LogP contribution in [0.15, 0.2) is 42.5 Å². The summed E-state index contributed by atoms with van der Waals surface area (Å²) in [5.74, 6) is 0.241. The van der Waals surface area contributed by atoms with Gasteiger partial charge in [-0.2, -0.15) is 0 Å². The molecule has 4 heteroatoms. The van der Waals surface area contributed by atoms with Gasteiger partial charge in [-0.1, -0.05) is 29.8 Å². The average Bonchev–Trinajstić information content (AvgIpc) is 2.44. The first kappa shape index (κ1) is 14.8. The first-order valence-electron chi connectivity index (χ1n) is 6.44. The van der Waals surface area contributed by atoms with Crippen LogP contribution in [0.4, 0.5) is 4.39 Å². The molecular formula is C16H17ClFNO. The summed E-state index contributed by atoms with van der Waals surface area (Å²) in [4.78, 5) is 0. The Morgan fingerprint density at radius 1 is 1.25 bits per heavy atom. The van der Waals surface area contributed by atoms with Gasteiger partial charge in [0.05, 0.1) is 0 Å². The molecule has 0 aliphatic heterocycles. The van der Waals surface area contributed by atoms with Crippen LogP contribution in [-0.4, -0.2) is 7.05 Å². The van der Waals surface area contributed by atoms with E-state index in [2.05, 4.69) is 5.32 Å². The second-order valence-electron chi connectivity index (χ2n) is 4.61. The molecule has 2 aromatic carbocycles. The summed E-state index contributed by atoms with van der Waals surface area (Å²) in [5, 5.41) is 3.79. The van der Waals surface area contributed by atoms with Crippen molar-refractivity contribution in [3.05, 3.63) is 64.4 Å². The molecule has 0 saturated carbocycles. The molecule has 0 aliphatic rings. The number of halogens is 2. The lowest BCUT2D eigenvalue weighted by Crippen LogP contribution is -2.14. The van der Waals surface area contributed by atoms with Crippen LogP contribution in [0.25, 0.3) is 0 Å². The van der Waals surface area contributed by atoms with Crippen molar-refractivity contribution in [2.24, 2.45) is 0 Å². The summed E-state index contributed by atoms with van der Waals surface area (Å²) >= 11 is 5.93. The molecule has 1 unspecified atom stereocenters. The number of nitrogens with one attached hydrogen (secondary N) is 1. The van der Waals surface area contributed by atoms with Crippen molar-refractivity contribution in [1.29, 1.82) is 0 Å². The van der Waals surface area contributed by atoms with Crippen LogP contribution in [0.2, 0.25) is 5.02 Å². The van der Waals surface area contributed by atoms with Gasteiger partial charge in [-0.05, 0) is 37.7 Å². The second-order valence-corrected chi connectivity index (χ2v) is 5.05. The molecule has 0 saturated heterocycles. The Morgan fingerprint density at radius 3 is 2.75 bits per heavy atom. The van der Waals surface area contributed by atoms with Crippen molar-refractivity contribution in [2.45, 2.75) is 19.6 Å². The lowest BCUT2D eigenvalue weighted by molar-refractivity contribution is 0.298. The summed E-state index contributed by atoms with van der Waals surface area (Å²) in [6.07, 6.45) is 0. The topological polar surface area (TPSA) is 21.3 Å². The standard InChI is InChI=1S/C16H17ClFNO/c1-11(19-2)15-7-6-14(18)9-16(15)20-10-12-4-3-5-13(17)8-12/h3-9,11,19H,10H2,1-2H3. The van der Waals surface area contributed by atoms with Crippen molar-refractivity contribution < 1.29 is 9.13 Å². The molecular weight excluding hydrogens is 277 g/mol. The van der Waals surface area contributed by atoms with E-state index in [9.17, 15) is 4.39 Å². The van der Waals surface area contributed by atoms with Crippen molar-refractivity contribution in [3.8, 4) is 5.75 Å². The first-order chi connectivity index (χ1) is 9.60. The number of hydrogen-bond acceptors (Lipinski definition) is 2. The van der Waals surface area contributed by atoms with Gasteiger partial charge < -0.3 is 10.1 Å². The molecule has 0 aromatic heterocycles. The predicted octanol–water partition coefficient (Wildman–Crippen LogP) is 4.34. The quantitative estimate of drug-likeness (QED) is 0.885. The fourth-order valence-corrected chi connectivity index (χ4v) is 2.15. The van der Waals surface area contributed by atoms with E-state index in [-0.39, 0.29) is 11.9 Å². The van der Waals surface area contributed by atoms with E-state index >= 15 is 0 Å². The van der Waals surface area contributed by atoms with Gasteiger partial charge in [-0.3, -0.25) is 0 Å². The van der Waals surface area contributed by atoms with Crippen molar-refractivity contribution in [2.75, 3.05) is 7.05 Å². The Hall–Kier alpha value is -1.58. The fraction of sp³-hybridized carbons (Fsp3) is 0.250. The van der Waals surface area contributed by atoms with Gasteiger partial charge in [0.15, 0.2) is 0 Å². The Labute approximate surface area is 123 Å². The summed E-state index contributed by atoms with van der Waals surface area (Å²) in [6.45, 7) is 2.35. The maximum atomic E-state index is 13.4. The Bertz CT molecular complexity index is 588. The molecule has 0 fully saturated rings. The molecule has 106 valence electrons. The molecule has 20 heavy (non-hydrogen) atoms. The van der Waals surface area contributed by atoms with Gasteiger partial charge in [-0.25, -0.2) is 4.39 Å². The van der Waals surface area contributed by atoms with E-state index in [4.69, 9.17) is 16.3 Å². The Balaban J connectivity index is 2.18. The van der Waals surface area contributed by atoms with Gasteiger partial charge in [0.25, 0.3) is 0 Å². The molecule has 0 aliphatic carbocycles. The summed E-state index contributed by atoms with van der Waals surface area (Å²) < 4.78 is 19.1. The van der Waals surface area contributed by atoms with E-state index in [0.29, 0.717) is 17.4 Å². The van der Waals surface area contributed by atoms with Crippen LogP contribution in [0.1, 0.15) is 24.1 Å². The molecule has 0 radical (unpaired) electrons. The number of rotatable bonds is 5. The molecule has 2 nitrogen and oxygen atoms in total. The lowest BCUT2D eigenvalue weighted by atomic mass is 10.1. The van der Waals surface area contributed by atoms with Gasteiger partial charge >= 0.3 is 0 Å². The molecule has 2 aromatic rings. The monoisotopic (exact) mass is 293 g/mol. The Kier molecular flexibility index (Phi) is 4.99. The van der Waals surface area contributed by atoms with E-state index in [1.807, 2.05) is 38.2 Å². The molecule has 0 bridgehead atoms. The fourth-order valence-electron chi connectivity index (χ4n) is 1.93. The first-order valence-corrected chi connectivity index (χ1v) is 6.82. The van der Waals surface area contributed by atoms with Crippen LogP contribution in [0.5, 0.6) is 5.75 Å². The van der Waals surface area contributed by atoms with E-state index in [0.717, 1.165) is 11.1 Å². The normalized spacial score (nSPS) is 12.2. The lowest BCUT2D eigenvalue weighted by Gasteiger charge is -2.16. The van der Waals surface area contributed by atoms with E-state index in [1.54, 1.807) is 6.07 Å². The van der Waals surface area contributed by atoms with E-state index < -0.39 is 0 Å². The molecule has 1 atom stereocenters. The van der Waals surface area contributed by atoms with Crippen molar-refractivity contribution in [3.63, 3.8) is 0 Å². The van der Waals surface area contributed by atoms with Crippen LogP contribution in [-0.2, 0) is 6.61 Å². The number of ether oxygens (including phenoxy) is 1. The van der Waals surface area contributed by atoms with Crippen molar-refractivity contribution >= 4 is 11.6 Å². The minimum Gasteiger partial charge on any atom is -0.488 e. The third kappa shape index (κ3) is 3.71. The number of hydrogen-bond donors (Lipinski definition) is 1. The van der Waals surface area contributed by atoms with Gasteiger partial charge in [0, 0.05) is 22.7 Å². The third-order valence-corrected chi connectivity index (χ3v) is 3.39. The molecule has 2 rings (SSSR count). The average molecular weight is 294 g/mol. The molecule has 0 spiro atoms. The highest BCUT2D eigenvalue weighted by molar-refractivity contribution is 6.30. The maximum Gasteiger partial charge on any atom is 0.127 e. The minimum atomic E-state index is -0.307. The van der Waals surface area contributed by atoms with Crippen LogP contribution >= 0.6 is 11.6 Å². The molecule has 0 heterocycles. The summed E-state index contributed by atoms with van der Waals surface area (Å²) in [5.41, 5.74) is 1.88. The third-order valence-electron chi connectivity index (χ3n) is 3.16. The van der Waals surface area contributed by atoms with Crippen LogP contribution in [0, 0.1) is 5.82 Å². The summed E-state index contributed by atoms with van der Waals surface area (Å²) in [7, 11) is 1.86. The maximum absolute atomic E-state index is 13.4. The highest BCUT2D eigenvalue weighted by atomic mass is 35.5. The number of benzene rings is 2. The van der Waals surface area contributed by atoms with Crippen LogP contribution in [0.3, 0.4) is 0 Å². The zero-order valence-corrected chi connectivity index (χ0v) is 12.2. The second kappa shape index (κ2) is 6.73. The van der Waals surface area contributed by atoms with Crippen LogP contribution < -0.4 is 10.1 Å². The van der Waals surface area contributed by atoms with Gasteiger partial charge in [-0.15, -0.1) is 0 Å². The zero-order chi connectivity index (χ0) is 14.5. The zero-order valence-electron chi connectivity index (χ0n) is 11.5. The van der Waals surface area contributed by atoms with E-state index in [1.165, 1.54) is 12.1 Å². The highest BCUT2D eigenvalue weighted by Crippen LogP contribution is 2.27. The summed E-state index contributed by atoms with van der Waals surface area (Å²) in [6, 6.07) is 12.1. The highest BCUT2D eigenvalue weighted by Gasteiger charge is 2.11. The molecule has 1 N–H and O–H groups in total.